The van der Waals surface area contributed by atoms with Crippen LogP contribution in [-0.2, 0) is 11.8 Å². The highest BCUT2D eigenvalue weighted by atomic mass is 16.2. The van der Waals surface area contributed by atoms with E-state index in [1.165, 1.54) is 5.56 Å². The van der Waals surface area contributed by atoms with Crippen LogP contribution in [-0.4, -0.2) is 20.9 Å². The molecule has 0 bridgehead atoms. The van der Waals surface area contributed by atoms with E-state index in [4.69, 9.17) is 5.73 Å². The number of hydrogen-bond donors (Lipinski definition) is 3. The number of rotatable bonds is 4. The summed E-state index contributed by atoms with van der Waals surface area (Å²) in [6, 6.07) is 7.80. The van der Waals surface area contributed by atoms with Crippen molar-refractivity contribution in [1.82, 2.24) is 15.0 Å². The third kappa shape index (κ3) is 3.54. The molecule has 0 spiro atoms. The normalized spacial score (nSPS) is 11.7. The predicted molar refractivity (Wildman–Crippen MR) is 105 cm³/mol. The average molecular weight is 351 g/mol. The summed E-state index contributed by atoms with van der Waals surface area (Å²) in [4.78, 5) is 24.2. The van der Waals surface area contributed by atoms with Crippen LogP contribution in [0.25, 0.3) is 11.0 Å². The first-order chi connectivity index (χ1) is 12.3. The van der Waals surface area contributed by atoms with Gasteiger partial charge in [-0.15, -0.1) is 0 Å². The van der Waals surface area contributed by atoms with E-state index in [-0.39, 0.29) is 17.1 Å². The van der Waals surface area contributed by atoms with Gasteiger partial charge in [-0.3, -0.25) is 4.79 Å². The van der Waals surface area contributed by atoms with Gasteiger partial charge in [0.05, 0.1) is 5.39 Å². The van der Waals surface area contributed by atoms with Crippen molar-refractivity contribution in [3.63, 3.8) is 0 Å². The van der Waals surface area contributed by atoms with Crippen LogP contribution in [0, 0.1) is 0 Å². The van der Waals surface area contributed by atoms with Crippen LogP contribution in [0.15, 0.2) is 30.5 Å². The van der Waals surface area contributed by atoms with Gasteiger partial charge in [-0.2, -0.15) is 0 Å². The summed E-state index contributed by atoms with van der Waals surface area (Å²) in [5, 5.41) is 3.60. The number of nitrogens with zero attached hydrogens (tertiary/aromatic N) is 2. The number of nitrogens with two attached hydrogens (primary N) is 1. The fraction of sp³-hybridized carbons (Fsp3) is 0.350. The molecule has 26 heavy (non-hydrogen) atoms. The van der Waals surface area contributed by atoms with Crippen LogP contribution in [0.5, 0.6) is 0 Å². The maximum atomic E-state index is 12.5. The van der Waals surface area contributed by atoms with Crippen molar-refractivity contribution in [3.05, 3.63) is 47.4 Å². The Kier molecular flexibility index (Phi) is 4.68. The second-order valence-electron chi connectivity index (χ2n) is 7.51. The minimum absolute atomic E-state index is 0.0509. The van der Waals surface area contributed by atoms with Gasteiger partial charge in [-0.05, 0) is 35.1 Å². The number of hydrogen-bond acceptors (Lipinski definition) is 4. The third-order valence-electron chi connectivity index (χ3n) is 4.32. The van der Waals surface area contributed by atoms with Gasteiger partial charge in [0.15, 0.2) is 0 Å². The molecule has 0 saturated heterocycles. The highest BCUT2D eigenvalue weighted by Crippen LogP contribution is 2.32. The number of H-pyrrole nitrogens is 1. The Morgan fingerprint density at radius 3 is 2.50 bits per heavy atom. The van der Waals surface area contributed by atoms with Crippen LogP contribution < -0.4 is 11.1 Å². The summed E-state index contributed by atoms with van der Waals surface area (Å²) in [5.41, 5.74) is 9.59. The average Bonchev–Trinajstić information content (AvgIpc) is 3.02. The zero-order valence-electron chi connectivity index (χ0n) is 15.7. The van der Waals surface area contributed by atoms with E-state index in [0.717, 1.165) is 23.8 Å². The van der Waals surface area contributed by atoms with Gasteiger partial charge in [0.2, 0.25) is 5.82 Å². The standard InChI is InChI=1S/C20H25N5O/c1-5-6-12-7-9-13(10-8-12)23-19(26)18-24-16(21)15-14(20(2,3)4)11-22-17(15)25-18/h7-11H,5-6H2,1-4H3,(H,23,26)(H3,21,22,24,25). The highest BCUT2D eigenvalue weighted by molar-refractivity contribution is 6.03. The Hall–Kier alpha value is -2.89. The Bertz CT molecular complexity index is 935. The van der Waals surface area contributed by atoms with Gasteiger partial charge in [-0.1, -0.05) is 46.2 Å². The van der Waals surface area contributed by atoms with E-state index >= 15 is 0 Å². The SMILES string of the molecule is CCCc1ccc(NC(=O)c2nc(N)c3c(C(C)(C)C)c[nH]c3n2)cc1. The first-order valence-electron chi connectivity index (χ1n) is 8.85. The molecule has 0 fully saturated rings. The summed E-state index contributed by atoms with van der Waals surface area (Å²) >= 11 is 0. The lowest BCUT2D eigenvalue weighted by Gasteiger charge is -2.17. The fourth-order valence-corrected chi connectivity index (χ4v) is 2.98. The van der Waals surface area contributed by atoms with E-state index in [1.54, 1.807) is 0 Å². The van der Waals surface area contributed by atoms with Crippen LogP contribution in [0.3, 0.4) is 0 Å². The molecular formula is C20H25N5O. The lowest BCUT2D eigenvalue weighted by atomic mass is 9.87. The number of aromatic amines is 1. The quantitative estimate of drug-likeness (QED) is 0.661. The van der Waals surface area contributed by atoms with Crippen molar-refractivity contribution in [2.24, 2.45) is 0 Å². The summed E-state index contributed by atoms with van der Waals surface area (Å²) in [7, 11) is 0. The maximum Gasteiger partial charge on any atom is 0.293 e. The lowest BCUT2D eigenvalue weighted by molar-refractivity contribution is 0.101. The van der Waals surface area contributed by atoms with E-state index in [9.17, 15) is 4.79 Å². The van der Waals surface area contributed by atoms with Crippen molar-refractivity contribution >= 4 is 28.4 Å². The topological polar surface area (TPSA) is 96.7 Å². The Labute approximate surface area is 153 Å². The van der Waals surface area contributed by atoms with Gasteiger partial charge in [0.25, 0.3) is 5.91 Å². The number of benzene rings is 1. The van der Waals surface area contributed by atoms with Crippen LogP contribution in [0.4, 0.5) is 11.5 Å². The largest absolute Gasteiger partial charge is 0.383 e. The summed E-state index contributed by atoms with van der Waals surface area (Å²) in [5.74, 6) is -0.0201. The zero-order chi connectivity index (χ0) is 18.9. The van der Waals surface area contributed by atoms with Crippen molar-refractivity contribution in [3.8, 4) is 0 Å². The minimum atomic E-state index is -0.381. The third-order valence-corrected chi connectivity index (χ3v) is 4.32. The molecule has 0 atom stereocenters. The summed E-state index contributed by atoms with van der Waals surface area (Å²) in [6.07, 6.45) is 3.99. The number of aromatic nitrogens is 3. The molecule has 0 aliphatic heterocycles. The van der Waals surface area contributed by atoms with Gasteiger partial charge < -0.3 is 16.0 Å². The number of nitrogens with one attached hydrogen (secondary N) is 2. The Morgan fingerprint density at radius 1 is 1.19 bits per heavy atom. The van der Waals surface area contributed by atoms with Crippen molar-refractivity contribution in [1.29, 1.82) is 0 Å². The highest BCUT2D eigenvalue weighted by Gasteiger charge is 2.23. The Morgan fingerprint density at radius 2 is 1.88 bits per heavy atom. The number of aryl methyl sites for hydroxylation is 1. The number of carbonyl (C=O) groups is 1. The molecule has 2 aromatic heterocycles. The van der Waals surface area contributed by atoms with Gasteiger partial charge in [0.1, 0.15) is 11.5 Å². The monoisotopic (exact) mass is 351 g/mol. The second kappa shape index (κ2) is 6.78. The van der Waals surface area contributed by atoms with E-state index in [2.05, 4.69) is 48.0 Å². The number of nitrogen functional groups attached to an aromatic ring is 1. The van der Waals surface area contributed by atoms with Gasteiger partial charge in [0, 0.05) is 11.9 Å². The number of fused-ring (bicyclic) bond motifs is 1. The van der Waals surface area contributed by atoms with Crippen molar-refractivity contribution in [2.45, 2.75) is 46.0 Å². The van der Waals surface area contributed by atoms with Crippen LogP contribution >= 0.6 is 0 Å². The van der Waals surface area contributed by atoms with Gasteiger partial charge >= 0.3 is 0 Å². The smallest absolute Gasteiger partial charge is 0.293 e. The van der Waals surface area contributed by atoms with Crippen molar-refractivity contribution < 1.29 is 4.79 Å². The molecular weight excluding hydrogens is 326 g/mol. The first kappa shape index (κ1) is 17.9. The maximum absolute atomic E-state index is 12.5. The lowest BCUT2D eigenvalue weighted by Crippen LogP contribution is -2.17. The number of carbonyl (C=O) groups excluding carboxylic acids is 1. The molecule has 136 valence electrons. The molecule has 0 aliphatic rings. The molecule has 6 heteroatoms. The molecule has 0 radical (unpaired) electrons. The summed E-state index contributed by atoms with van der Waals surface area (Å²) in [6.45, 7) is 8.42. The van der Waals surface area contributed by atoms with Crippen LogP contribution in [0.1, 0.15) is 55.9 Å². The number of anilines is 2. The van der Waals surface area contributed by atoms with E-state index < -0.39 is 0 Å². The minimum Gasteiger partial charge on any atom is -0.383 e. The molecule has 3 aromatic rings. The molecule has 3 rings (SSSR count). The molecule has 4 N–H and O–H groups in total. The molecule has 6 nitrogen and oxygen atoms in total. The van der Waals surface area contributed by atoms with E-state index in [0.29, 0.717) is 17.2 Å². The molecule has 1 aromatic carbocycles. The molecule has 2 heterocycles. The molecule has 0 aliphatic carbocycles. The van der Waals surface area contributed by atoms with E-state index in [1.807, 2.05) is 30.5 Å². The zero-order valence-corrected chi connectivity index (χ0v) is 15.7. The Balaban J connectivity index is 1.87. The fourth-order valence-electron chi connectivity index (χ4n) is 2.98. The number of amides is 1. The first-order valence-corrected chi connectivity index (χ1v) is 8.85. The second-order valence-corrected chi connectivity index (χ2v) is 7.51. The van der Waals surface area contributed by atoms with Crippen LogP contribution in [0.2, 0.25) is 0 Å². The summed E-state index contributed by atoms with van der Waals surface area (Å²) < 4.78 is 0. The molecule has 0 saturated carbocycles. The predicted octanol–water partition coefficient (Wildman–Crippen LogP) is 4.04. The molecule has 0 unspecified atom stereocenters. The molecule has 1 amide bonds. The van der Waals surface area contributed by atoms with Gasteiger partial charge in [-0.25, -0.2) is 9.97 Å². The van der Waals surface area contributed by atoms with Crippen molar-refractivity contribution in [2.75, 3.05) is 11.1 Å².